The Kier molecular flexibility index (Phi) is 13.2. The maximum atomic E-state index is 13.6. The Balaban J connectivity index is 1.51. The van der Waals surface area contributed by atoms with Gasteiger partial charge in [0.1, 0.15) is 35.0 Å². The molecular formula is C39H43Cl2N7O6. The number of ether oxygens (including phenoxy) is 1. The predicted octanol–water partition coefficient (Wildman–Crippen LogP) is 6.07. The second kappa shape index (κ2) is 17.4. The van der Waals surface area contributed by atoms with Gasteiger partial charge in [0.2, 0.25) is 5.91 Å². The van der Waals surface area contributed by atoms with E-state index in [4.69, 9.17) is 39.4 Å². The molecule has 0 fully saturated rings. The molecule has 4 rings (SSSR count). The van der Waals surface area contributed by atoms with Crippen LogP contribution in [-0.4, -0.2) is 39.4 Å². The first kappa shape index (κ1) is 41.0. The lowest BCUT2D eigenvalue weighted by Crippen LogP contribution is -2.42. The van der Waals surface area contributed by atoms with Gasteiger partial charge in [-0.3, -0.25) is 24.3 Å². The van der Waals surface area contributed by atoms with Gasteiger partial charge in [0, 0.05) is 41.1 Å². The first-order valence-electron chi connectivity index (χ1n) is 16.8. The lowest BCUT2D eigenvalue weighted by molar-refractivity contribution is -0.119. The van der Waals surface area contributed by atoms with Gasteiger partial charge >= 0.3 is 6.03 Å². The van der Waals surface area contributed by atoms with E-state index in [9.17, 15) is 24.3 Å². The van der Waals surface area contributed by atoms with Gasteiger partial charge in [-0.2, -0.15) is 0 Å². The molecule has 3 aromatic carbocycles. The van der Waals surface area contributed by atoms with Gasteiger partial charge in [-0.1, -0.05) is 74.3 Å². The van der Waals surface area contributed by atoms with Crippen molar-refractivity contribution in [1.82, 2.24) is 20.5 Å². The number of hydrogen-bond acceptors (Lipinski definition) is 8. The number of aromatic nitrogens is 1. The summed E-state index contributed by atoms with van der Waals surface area (Å²) in [5.41, 5.74) is 14.8. The van der Waals surface area contributed by atoms with Crippen molar-refractivity contribution in [3.8, 4) is 17.2 Å². The Hall–Kier alpha value is -5.79. The summed E-state index contributed by atoms with van der Waals surface area (Å²) in [7, 11) is 0. The van der Waals surface area contributed by atoms with Crippen molar-refractivity contribution < 1.29 is 24.2 Å². The highest BCUT2D eigenvalue weighted by Gasteiger charge is 2.20. The first-order chi connectivity index (χ1) is 25.3. The summed E-state index contributed by atoms with van der Waals surface area (Å²) < 4.78 is 7.44. The maximum absolute atomic E-state index is 13.6. The molecule has 1 atom stereocenters. The molecule has 0 spiro atoms. The number of carbonyl (C=O) groups excluding carboxylic acids is 3. The summed E-state index contributed by atoms with van der Waals surface area (Å²) >= 11 is 12.6. The van der Waals surface area contributed by atoms with E-state index in [1.807, 2.05) is 45.0 Å². The van der Waals surface area contributed by atoms with Crippen LogP contribution >= 0.6 is 23.2 Å². The fourth-order valence-electron chi connectivity index (χ4n) is 4.96. The third-order valence-electron chi connectivity index (χ3n) is 8.31. The molecule has 54 heavy (non-hydrogen) atoms. The van der Waals surface area contributed by atoms with Crippen molar-refractivity contribution in [2.24, 2.45) is 21.9 Å². The predicted molar refractivity (Wildman–Crippen MR) is 211 cm³/mol. The van der Waals surface area contributed by atoms with E-state index in [0.29, 0.717) is 28.3 Å². The number of aromatic hydroxyl groups is 1. The largest absolute Gasteiger partial charge is 0.506 e. The Morgan fingerprint density at radius 2 is 1.69 bits per heavy atom. The number of carbonyl (C=O) groups is 3. The fraction of sp³-hybridized carbons (Fsp3) is 0.256. The normalized spacial score (nSPS) is 12.5. The van der Waals surface area contributed by atoms with Crippen molar-refractivity contribution in [1.29, 1.82) is 0 Å². The number of halogens is 2. The summed E-state index contributed by atoms with van der Waals surface area (Å²) in [6.07, 6.45) is 1.56. The number of phenolic OH excluding ortho intramolecular Hbond substituents is 1. The van der Waals surface area contributed by atoms with Crippen LogP contribution in [0.5, 0.6) is 11.5 Å². The quantitative estimate of drug-likeness (QED) is 0.0784. The maximum Gasteiger partial charge on any atom is 0.320 e. The van der Waals surface area contributed by atoms with E-state index in [1.165, 1.54) is 29.7 Å². The summed E-state index contributed by atoms with van der Waals surface area (Å²) in [6, 6.07) is 16.7. The molecule has 0 saturated carbocycles. The smallest absolute Gasteiger partial charge is 0.320 e. The molecule has 15 heteroatoms. The van der Waals surface area contributed by atoms with Crippen molar-refractivity contribution in [2.45, 2.75) is 60.7 Å². The minimum absolute atomic E-state index is 0.0218. The van der Waals surface area contributed by atoms with Crippen LogP contribution in [-0.2, 0) is 17.9 Å². The number of aryl methyl sites for hydroxylation is 2. The molecule has 13 nitrogen and oxygen atoms in total. The lowest BCUT2D eigenvalue weighted by Gasteiger charge is -2.19. The summed E-state index contributed by atoms with van der Waals surface area (Å²) in [4.78, 5) is 55.4. The van der Waals surface area contributed by atoms with Gasteiger partial charge in [0.25, 0.3) is 11.5 Å². The van der Waals surface area contributed by atoms with Crippen molar-refractivity contribution in [3.63, 3.8) is 0 Å². The number of allylic oxidation sites excluding steroid dienone is 1. The lowest BCUT2D eigenvalue weighted by atomic mass is 9.92. The molecule has 4 aromatic rings. The molecule has 8 N–H and O–H groups in total. The number of amidine groups is 1. The van der Waals surface area contributed by atoms with E-state index in [-0.39, 0.29) is 46.1 Å². The zero-order valence-corrected chi connectivity index (χ0v) is 32.2. The molecule has 0 aliphatic carbocycles. The van der Waals surface area contributed by atoms with Crippen LogP contribution in [0.1, 0.15) is 60.4 Å². The molecule has 0 aliphatic heterocycles. The van der Waals surface area contributed by atoms with Crippen LogP contribution in [0.15, 0.2) is 88.3 Å². The average Bonchev–Trinajstić information content (AvgIpc) is 3.10. The van der Waals surface area contributed by atoms with E-state index in [0.717, 1.165) is 11.1 Å². The van der Waals surface area contributed by atoms with Gasteiger partial charge in [0.15, 0.2) is 0 Å². The molecule has 0 bridgehead atoms. The number of nitrogens with one attached hydrogen (secondary N) is 3. The molecule has 0 radical (unpaired) electrons. The molecule has 0 unspecified atom stereocenters. The highest BCUT2D eigenvalue weighted by atomic mass is 35.5. The molecule has 1 heterocycles. The number of hydrogen-bond donors (Lipinski definition) is 6. The van der Waals surface area contributed by atoms with Crippen LogP contribution in [0.4, 0.5) is 10.5 Å². The van der Waals surface area contributed by atoms with Gasteiger partial charge in [-0.25, -0.2) is 9.79 Å². The number of amides is 4. The summed E-state index contributed by atoms with van der Waals surface area (Å²) in [5, 5.41) is 17.8. The highest BCUT2D eigenvalue weighted by Crippen LogP contribution is 2.29. The van der Waals surface area contributed by atoms with Gasteiger partial charge in [-0.05, 0) is 67.8 Å². The zero-order chi connectivity index (χ0) is 39.9. The number of aliphatic imine (C=N–C) groups is 1. The number of rotatable bonds is 11. The monoisotopic (exact) mass is 775 g/mol. The van der Waals surface area contributed by atoms with E-state index < -0.39 is 34.9 Å². The summed E-state index contributed by atoms with van der Waals surface area (Å²) in [5.74, 6) is -1.01. The van der Waals surface area contributed by atoms with E-state index in [2.05, 4.69) is 20.9 Å². The first-order valence-corrected chi connectivity index (χ1v) is 17.5. The number of nitrogens with two attached hydrogens (primary N) is 2. The Bertz CT molecular complexity index is 2210. The Labute approximate surface area is 323 Å². The van der Waals surface area contributed by atoms with Crippen LogP contribution in [0.2, 0.25) is 10.0 Å². The van der Waals surface area contributed by atoms with Crippen LogP contribution in [0.25, 0.3) is 5.69 Å². The topological polar surface area (TPSA) is 203 Å². The third kappa shape index (κ3) is 10.4. The summed E-state index contributed by atoms with van der Waals surface area (Å²) in [6.45, 7) is 10.9. The number of benzene rings is 3. The van der Waals surface area contributed by atoms with E-state index in [1.54, 1.807) is 44.2 Å². The average molecular weight is 777 g/mol. The van der Waals surface area contributed by atoms with Crippen molar-refractivity contribution in [2.75, 3.05) is 0 Å². The van der Waals surface area contributed by atoms with Crippen molar-refractivity contribution >= 4 is 52.6 Å². The van der Waals surface area contributed by atoms with Crippen LogP contribution in [0, 0.1) is 19.3 Å². The fourth-order valence-corrected chi connectivity index (χ4v) is 5.32. The molecule has 4 amide bonds. The molecule has 1 aromatic heterocycles. The molecule has 284 valence electrons. The van der Waals surface area contributed by atoms with Crippen molar-refractivity contribution in [3.05, 3.63) is 127 Å². The minimum Gasteiger partial charge on any atom is -0.506 e. The van der Waals surface area contributed by atoms with Gasteiger partial charge in [0.05, 0.1) is 16.4 Å². The minimum atomic E-state index is -0.887. The number of pyridine rings is 1. The van der Waals surface area contributed by atoms with Gasteiger partial charge in [-0.15, -0.1) is 0 Å². The Morgan fingerprint density at radius 1 is 1.00 bits per heavy atom. The Morgan fingerprint density at radius 3 is 2.33 bits per heavy atom. The number of primary amides is 1. The second-order valence-corrected chi connectivity index (χ2v) is 14.3. The van der Waals surface area contributed by atoms with Gasteiger partial charge < -0.3 is 31.9 Å². The SMILES string of the molecule is Cc1ccc(C(=O)N[C@@H](C)C(N)=O)cc1-n1c(C)cc(OCc2ccccc2CNC(=O)NC(C=C(N)C(C)(C)C)=Nc2ccc(O)c(Cl)c2)c(Cl)c1=O. The molecule has 0 saturated heterocycles. The second-order valence-electron chi connectivity index (χ2n) is 13.6. The van der Waals surface area contributed by atoms with Crippen LogP contribution < -0.4 is 37.7 Å². The van der Waals surface area contributed by atoms with Crippen LogP contribution in [0.3, 0.4) is 0 Å². The van der Waals surface area contributed by atoms with E-state index >= 15 is 0 Å². The number of urea groups is 1. The third-order valence-corrected chi connectivity index (χ3v) is 8.96. The number of phenols is 1. The number of nitrogens with zero attached hydrogens (tertiary/aromatic N) is 2. The highest BCUT2D eigenvalue weighted by molar-refractivity contribution is 6.32. The standard InChI is InChI=1S/C39H43Cl2N7O6/c1-21-11-12-24(36(51)45-23(3)35(43)50)16-29(21)48-22(2)15-31(34(41)37(48)52)54-20-26-10-8-7-9-25(26)19-44-38(53)47-33(18-32(42)39(4,5)6)46-27-13-14-30(49)28(40)17-27/h7-18,23,49H,19-20,42H2,1-6H3,(H2,43,50)(H,45,51)(H2,44,46,47,53)/t23-/m0/s1. The zero-order valence-electron chi connectivity index (χ0n) is 30.7. The molecular weight excluding hydrogens is 733 g/mol. The molecule has 0 aliphatic rings.